The first-order valence-electron chi connectivity index (χ1n) is 7.04. The Kier molecular flexibility index (Phi) is 5.91. The smallest absolute Gasteiger partial charge is 0.339 e. The number of alkyl halides is 1. The third kappa shape index (κ3) is 4.94. The van der Waals surface area contributed by atoms with Crippen LogP contribution in [-0.2, 0) is 20.2 Å². The molecule has 140 valence electrons. The summed E-state index contributed by atoms with van der Waals surface area (Å²) < 4.78 is 62.0. The molecule has 0 aromatic heterocycles. The molecular weight excluding hydrogens is 404 g/mol. The molecule has 0 unspecified atom stereocenters. The molecule has 26 heavy (non-hydrogen) atoms. The largest absolute Gasteiger partial charge is 0.386 e. The maximum atomic E-state index is 12.3. The van der Waals surface area contributed by atoms with E-state index in [4.69, 9.17) is 21.5 Å². The van der Waals surface area contributed by atoms with Gasteiger partial charge in [0, 0.05) is 6.07 Å². The second kappa shape index (κ2) is 7.62. The lowest BCUT2D eigenvalue weighted by atomic mass is 10.2. The summed E-state index contributed by atoms with van der Waals surface area (Å²) in [7, 11) is -8.91. The van der Waals surface area contributed by atoms with Crippen molar-refractivity contribution >= 4 is 43.4 Å². The number of halogens is 1. The molecule has 0 saturated carbocycles. The summed E-state index contributed by atoms with van der Waals surface area (Å²) in [5.41, 5.74) is 6.11. The van der Waals surface area contributed by atoms with Gasteiger partial charge >= 0.3 is 10.1 Å². The quantitative estimate of drug-likeness (QED) is 0.241. The van der Waals surface area contributed by atoms with Gasteiger partial charge in [-0.25, -0.2) is 4.99 Å². The Bertz CT molecular complexity index is 1050. The molecule has 0 heterocycles. The Morgan fingerprint density at radius 3 is 2.31 bits per heavy atom. The highest BCUT2D eigenvalue weighted by atomic mass is 35.5. The van der Waals surface area contributed by atoms with Gasteiger partial charge in [0.05, 0.1) is 11.6 Å². The molecule has 8 nitrogen and oxygen atoms in total. The molecule has 0 aliphatic rings. The SMILES string of the molecule is Cc1ccc(S(=O)(=O)Oc2ccc(N=C(N)CCl)c(S(=O)(=O)O)c2)cc1. The molecule has 0 atom stereocenters. The van der Waals surface area contributed by atoms with Gasteiger partial charge in [-0.15, -0.1) is 11.6 Å². The normalized spacial score (nSPS) is 12.8. The molecule has 0 radical (unpaired) electrons. The van der Waals surface area contributed by atoms with Crippen molar-refractivity contribution in [2.75, 3.05) is 5.88 Å². The molecule has 3 N–H and O–H groups in total. The Labute approximate surface area is 156 Å². The number of nitrogens with two attached hydrogens (primary N) is 1. The Morgan fingerprint density at radius 1 is 1.15 bits per heavy atom. The number of rotatable bonds is 6. The predicted molar refractivity (Wildman–Crippen MR) is 97.3 cm³/mol. The fourth-order valence-electron chi connectivity index (χ4n) is 1.91. The van der Waals surface area contributed by atoms with E-state index in [9.17, 15) is 21.4 Å². The molecule has 0 amide bonds. The molecule has 2 rings (SSSR count). The number of amidine groups is 1. The van der Waals surface area contributed by atoms with E-state index < -0.39 is 25.1 Å². The van der Waals surface area contributed by atoms with E-state index in [2.05, 4.69) is 4.99 Å². The first-order valence-corrected chi connectivity index (χ1v) is 10.4. The standard InChI is InChI=1S/C15H15ClN2O6S2/c1-10-2-5-12(6-3-10)26(22,23)24-11-4-7-13(18-15(17)9-16)14(8-11)25(19,20)21/h2-8H,9H2,1H3,(H2,17,18)(H,19,20,21). The van der Waals surface area contributed by atoms with E-state index in [0.29, 0.717) is 0 Å². The Hall–Kier alpha value is -2.14. The van der Waals surface area contributed by atoms with Crippen molar-refractivity contribution in [1.29, 1.82) is 0 Å². The van der Waals surface area contributed by atoms with Gasteiger partial charge < -0.3 is 9.92 Å². The highest BCUT2D eigenvalue weighted by molar-refractivity contribution is 7.87. The minimum atomic E-state index is -4.72. The van der Waals surface area contributed by atoms with Crippen LogP contribution in [0.4, 0.5) is 5.69 Å². The Morgan fingerprint density at radius 2 is 1.77 bits per heavy atom. The van der Waals surface area contributed by atoms with Crippen LogP contribution < -0.4 is 9.92 Å². The third-order valence-electron chi connectivity index (χ3n) is 3.13. The van der Waals surface area contributed by atoms with Crippen LogP contribution >= 0.6 is 11.6 Å². The molecule has 11 heteroatoms. The van der Waals surface area contributed by atoms with E-state index in [0.717, 1.165) is 17.7 Å². The summed E-state index contributed by atoms with van der Waals surface area (Å²) in [5.74, 6) is -0.565. The summed E-state index contributed by atoms with van der Waals surface area (Å²) >= 11 is 5.49. The summed E-state index contributed by atoms with van der Waals surface area (Å²) in [6.07, 6.45) is 0. The van der Waals surface area contributed by atoms with Gasteiger partial charge in [-0.05, 0) is 31.2 Å². The van der Waals surface area contributed by atoms with Gasteiger partial charge in [0.25, 0.3) is 10.1 Å². The van der Waals surface area contributed by atoms with Crippen LogP contribution in [0.15, 0.2) is 57.2 Å². The van der Waals surface area contributed by atoms with Gasteiger partial charge in [-0.2, -0.15) is 16.8 Å². The zero-order chi connectivity index (χ0) is 19.5. The monoisotopic (exact) mass is 418 g/mol. The van der Waals surface area contributed by atoms with Crippen LogP contribution in [-0.4, -0.2) is 33.1 Å². The highest BCUT2D eigenvalue weighted by Gasteiger charge is 2.21. The van der Waals surface area contributed by atoms with Crippen molar-refractivity contribution < 1.29 is 25.6 Å². The molecular formula is C15H15ClN2O6S2. The van der Waals surface area contributed by atoms with Crippen molar-refractivity contribution in [2.24, 2.45) is 10.7 Å². The zero-order valence-corrected chi connectivity index (χ0v) is 15.8. The number of hydrogen-bond acceptors (Lipinski definition) is 6. The average Bonchev–Trinajstić information content (AvgIpc) is 2.55. The number of aryl methyl sites for hydroxylation is 1. The van der Waals surface area contributed by atoms with Crippen molar-refractivity contribution in [3.63, 3.8) is 0 Å². The summed E-state index contributed by atoms with van der Waals surface area (Å²) in [6, 6.07) is 9.05. The minimum absolute atomic E-state index is 0.0856. The van der Waals surface area contributed by atoms with Gasteiger partial charge in [0.15, 0.2) is 0 Å². The molecule has 0 bridgehead atoms. The molecule has 0 fully saturated rings. The molecule has 0 spiro atoms. The first kappa shape index (κ1) is 20.2. The van der Waals surface area contributed by atoms with Crippen LogP contribution in [0.25, 0.3) is 0 Å². The van der Waals surface area contributed by atoms with E-state index in [1.807, 2.05) is 0 Å². The van der Waals surface area contributed by atoms with E-state index in [1.54, 1.807) is 19.1 Å². The predicted octanol–water partition coefficient (Wildman–Crippen LogP) is 2.24. The lowest BCUT2D eigenvalue weighted by Crippen LogP contribution is -2.13. The molecule has 0 aliphatic heterocycles. The molecule has 0 aliphatic carbocycles. The number of aliphatic imine (C=N–C) groups is 1. The maximum absolute atomic E-state index is 12.3. The van der Waals surface area contributed by atoms with Crippen molar-refractivity contribution in [3.8, 4) is 5.75 Å². The van der Waals surface area contributed by atoms with Crippen LogP contribution in [0.3, 0.4) is 0 Å². The second-order valence-corrected chi connectivity index (χ2v) is 8.40. The van der Waals surface area contributed by atoms with Gasteiger partial charge in [-0.1, -0.05) is 17.7 Å². The number of nitrogens with zero attached hydrogens (tertiary/aromatic N) is 1. The van der Waals surface area contributed by atoms with Gasteiger partial charge in [0.1, 0.15) is 21.4 Å². The van der Waals surface area contributed by atoms with Crippen LogP contribution in [0.2, 0.25) is 0 Å². The van der Waals surface area contributed by atoms with Crippen molar-refractivity contribution in [3.05, 3.63) is 48.0 Å². The van der Waals surface area contributed by atoms with Crippen molar-refractivity contribution in [2.45, 2.75) is 16.7 Å². The fraction of sp³-hybridized carbons (Fsp3) is 0.133. The maximum Gasteiger partial charge on any atom is 0.339 e. The van der Waals surface area contributed by atoms with Crippen LogP contribution in [0.5, 0.6) is 5.75 Å². The van der Waals surface area contributed by atoms with E-state index in [1.165, 1.54) is 18.2 Å². The fourth-order valence-corrected chi connectivity index (χ4v) is 3.54. The third-order valence-corrected chi connectivity index (χ3v) is 5.54. The number of hydrogen-bond donors (Lipinski definition) is 2. The minimum Gasteiger partial charge on any atom is -0.386 e. The highest BCUT2D eigenvalue weighted by Crippen LogP contribution is 2.30. The topological polar surface area (TPSA) is 136 Å². The van der Waals surface area contributed by atoms with E-state index in [-0.39, 0.29) is 28.0 Å². The van der Waals surface area contributed by atoms with Gasteiger partial charge in [0.2, 0.25) is 0 Å². The van der Waals surface area contributed by atoms with E-state index >= 15 is 0 Å². The van der Waals surface area contributed by atoms with Crippen LogP contribution in [0, 0.1) is 6.92 Å². The molecule has 0 saturated heterocycles. The second-order valence-electron chi connectivity index (χ2n) is 5.19. The first-order chi connectivity index (χ1) is 12.0. The summed E-state index contributed by atoms with van der Waals surface area (Å²) in [5, 5.41) is 0. The molecule has 2 aromatic carbocycles. The molecule has 2 aromatic rings. The summed E-state index contributed by atoms with van der Waals surface area (Å²) in [4.78, 5) is 3.00. The van der Waals surface area contributed by atoms with Crippen molar-refractivity contribution in [1.82, 2.24) is 0 Å². The Balaban J connectivity index is 2.47. The lowest BCUT2D eigenvalue weighted by Gasteiger charge is -2.10. The zero-order valence-electron chi connectivity index (χ0n) is 13.5. The van der Waals surface area contributed by atoms with Crippen LogP contribution in [0.1, 0.15) is 5.56 Å². The lowest BCUT2D eigenvalue weighted by molar-refractivity contribution is 0.475. The average molecular weight is 419 g/mol. The number of benzene rings is 2. The summed E-state index contributed by atoms with van der Waals surface area (Å²) in [6.45, 7) is 1.79. The van der Waals surface area contributed by atoms with Gasteiger partial charge in [-0.3, -0.25) is 4.55 Å².